The number of hydrogen-bond donors (Lipinski definition) is 2. The number of halogens is 2. The molecule has 14 heteroatoms. The summed E-state index contributed by atoms with van der Waals surface area (Å²) in [4.78, 5) is 0. The van der Waals surface area contributed by atoms with Crippen molar-refractivity contribution in [3.05, 3.63) is 83.7 Å². The van der Waals surface area contributed by atoms with Crippen LogP contribution in [-0.4, -0.2) is 19.6 Å². The third-order valence-corrected chi connectivity index (χ3v) is 4.82. The number of aromatic nitrogens is 4. The largest absolute Gasteiger partial charge is 0.361 e. The van der Waals surface area contributed by atoms with Crippen molar-refractivity contribution in [3.8, 4) is 23.5 Å². The van der Waals surface area contributed by atoms with Gasteiger partial charge < -0.3 is 0 Å². The number of para-hydroxylation sites is 2. The lowest BCUT2D eigenvalue weighted by atomic mass is 10.3. The van der Waals surface area contributed by atoms with E-state index in [1.807, 2.05) is 12.1 Å². The van der Waals surface area contributed by atoms with Crippen molar-refractivity contribution in [3.63, 3.8) is 0 Å². The fraction of sp³-hybridized carbons (Fsp3) is 0. The summed E-state index contributed by atoms with van der Waals surface area (Å²) in [7, 11) is -3.30. The molecule has 0 aliphatic rings. The topological polar surface area (TPSA) is 143 Å². The van der Waals surface area contributed by atoms with E-state index in [4.69, 9.17) is 19.8 Å². The fourth-order valence-corrected chi connectivity index (χ4v) is 3.26. The summed E-state index contributed by atoms with van der Waals surface area (Å²) in [5.74, 6) is -1.21. The molecule has 11 nitrogen and oxygen atoms in total. The van der Waals surface area contributed by atoms with Gasteiger partial charge in [0, 0.05) is 12.1 Å². The minimum absolute atomic E-state index is 0.00626. The lowest BCUT2D eigenvalue weighted by Gasteiger charge is -2.12. The van der Waals surface area contributed by atoms with Gasteiger partial charge in [0.25, 0.3) is 0 Å². The summed E-state index contributed by atoms with van der Waals surface area (Å²) in [6.07, 6.45) is 0. The fourth-order valence-electron chi connectivity index (χ4n) is 2.84. The van der Waals surface area contributed by atoms with E-state index >= 15 is 0 Å². The van der Waals surface area contributed by atoms with E-state index in [-0.39, 0.29) is 34.4 Å². The van der Waals surface area contributed by atoms with Crippen LogP contribution in [-0.2, 0) is 13.8 Å². The Labute approximate surface area is 191 Å². The lowest BCUT2D eigenvalue weighted by molar-refractivity contribution is 0.293. The van der Waals surface area contributed by atoms with Crippen molar-refractivity contribution in [1.82, 2.24) is 19.6 Å². The molecule has 2 heterocycles. The standard InChI is InChI=1S/C20H13F2N8O3P/c21-15-5-1-3-7-17(15)29-19(9-13(11-23)25-29)27-32-34(31)33-28-20-10-14(12-24)26-30(20)18-8-4-2-6-16(18)22/h1-10,27-28,34H. The van der Waals surface area contributed by atoms with Gasteiger partial charge in [0.2, 0.25) is 0 Å². The number of hydrogen-bond acceptors (Lipinski definition) is 9. The molecule has 0 atom stereocenters. The molecule has 34 heavy (non-hydrogen) atoms. The Morgan fingerprint density at radius 3 is 1.59 bits per heavy atom. The molecule has 4 aromatic rings. The minimum atomic E-state index is -3.30. The van der Waals surface area contributed by atoms with Crippen LogP contribution in [0, 0.1) is 34.3 Å². The Kier molecular flexibility index (Phi) is 6.62. The first-order chi connectivity index (χ1) is 16.5. The second-order valence-corrected chi connectivity index (χ2v) is 7.35. The second kappa shape index (κ2) is 9.94. The smallest absolute Gasteiger partial charge is 0.259 e. The van der Waals surface area contributed by atoms with Gasteiger partial charge in [0.15, 0.2) is 23.0 Å². The Morgan fingerprint density at radius 1 is 0.794 bits per heavy atom. The predicted molar refractivity (Wildman–Crippen MR) is 115 cm³/mol. The van der Waals surface area contributed by atoms with Crippen LogP contribution in [0.2, 0.25) is 0 Å². The monoisotopic (exact) mass is 482 g/mol. The van der Waals surface area contributed by atoms with Gasteiger partial charge in [-0.05, 0) is 24.3 Å². The van der Waals surface area contributed by atoms with E-state index in [9.17, 15) is 13.3 Å². The molecule has 0 amide bonds. The van der Waals surface area contributed by atoms with Gasteiger partial charge in [-0.15, -0.1) is 0 Å². The van der Waals surface area contributed by atoms with Crippen molar-refractivity contribution in [2.24, 2.45) is 0 Å². The molecule has 2 aromatic carbocycles. The van der Waals surface area contributed by atoms with Crippen molar-refractivity contribution < 1.29 is 22.6 Å². The Morgan fingerprint density at radius 2 is 1.21 bits per heavy atom. The average Bonchev–Trinajstić information content (AvgIpc) is 3.46. The maximum absolute atomic E-state index is 14.2. The summed E-state index contributed by atoms with van der Waals surface area (Å²) >= 11 is 0. The van der Waals surface area contributed by atoms with Crippen LogP contribution in [0.5, 0.6) is 0 Å². The third kappa shape index (κ3) is 4.77. The molecular formula is C20H13F2N8O3P. The number of nitrogens with zero attached hydrogens (tertiary/aromatic N) is 6. The quantitative estimate of drug-likeness (QED) is 0.283. The van der Waals surface area contributed by atoms with Gasteiger partial charge >= 0.3 is 8.25 Å². The molecule has 0 bridgehead atoms. The summed E-state index contributed by atoms with van der Waals surface area (Å²) in [5, 5.41) is 26.1. The van der Waals surface area contributed by atoms with Gasteiger partial charge in [-0.2, -0.15) is 30.0 Å². The van der Waals surface area contributed by atoms with E-state index in [1.165, 1.54) is 48.5 Å². The molecule has 0 saturated heterocycles. The Hall–Kier alpha value is -4.55. The van der Waals surface area contributed by atoms with Crippen LogP contribution in [0.4, 0.5) is 20.4 Å². The van der Waals surface area contributed by atoms with Gasteiger partial charge in [-0.1, -0.05) is 24.3 Å². The van der Waals surface area contributed by atoms with Crippen LogP contribution in [0.1, 0.15) is 11.4 Å². The Bertz CT molecular complexity index is 1350. The Balaban J connectivity index is 1.47. The van der Waals surface area contributed by atoms with Crippen molar-refractivity contribution in [2.75, 3.05) is 11.0 Å². The molecule has 170 valence electrons. The minimum Gasteiger partial charge on any atom is -0.259 e. The van der Waals surface area contributed by atoms with Gasteiger partial charge in [0.05, 0.1) is 0 Å². The number of rotatable bonds is 8. The molecule has 4 rings (SSSR count). The molecule has 0 fully saturated rings. The maximum atomic E-state index is 14.2. The SMILES string of the molecule is N#Cc1cc(NO[PH](=O)ONc2cc(C#N)nn2-c2ccccc2F)n(-c2ccccc2F)n1. The van der Waals surface area contributed by atoms with Crippen molar-refractivity contribution >= 4 is 19.9 Å². The zero-order valence-corrected chi connectivity index (χ0v) is 17.9. The van der Waals surface area contributed by atoms with E-state index in [2.05, 4.69) is 21.2 Å². The molecule has 0 saturated carbocycles. The molecule has 0 aliphatic heterocycles. The number of anilines is 2. The van der Waals surface area contributed by atoms with Crippen LogP contribution in [0.3, 0.4) is 0 Å². The lowest BCUT2D eigenvalue weighted by Crippen LogP contribution is -2.08. The highest BCUT2D eigenvalue weighted by Crippen LogP contribution is 2.28. The summed E-state index contributed by atoms with van der Waals surface area (Å²) < 4.78 is 52.6. The van der Waals surface area contributed by atoms with Crippen LogP contribution < -0.4 is 11.0 Å². The zero-order valence-electron chi connectivity index (χ0n) is 16.9. The summed E-state index contributed by atoms with van der Waals surface area (Å²) in [6, 6.07) is 17.5. The first-order valence-corrected chi connectivity index (χ1v) is 10.6. The van der Waals surface area contributed by atoms with E-state index < -0.39 is 19.9 Å². The van der Waals surface area contributed by atoms with E-state index in [0.29, 0.717) is 0 Å². The van der Waals surface area contributed by atoms with Crippen LogP contribution in [0.25, 0.3) is 11.4 Å². The molecule has 2 aromatic heterocycles. The summed E-state index contributed by atoms with van der Waals surface area (Å²) in [6.45, 7) is 0. The van der Waals surface area contributed by atoms with Gasteiger partial charge in [0.1, 0.15) is 35.1 Å². The number of nitriles is 2. The molecule has 0 unspecified atom stereocenters. The summed E-state index contributed by atoms with van der Waals surface area (Å²) in [5.41, 5.74) is 4.57. The molecule has 0 radical (unpaired) electrons. The number of benzene rings is 2. The van der Waals surface area contributed by atoms with Crippen LogP contribution >= 0.6 is 8.25 Å². The normalized spacial score (nSPS) is 10.6. The second-order valence-electron chi connectivity index (χ2n) is 6.44. The zero-order chi connectivity index (χ0) is 24.1. The van der Waals surface area contributed by atoms with Crippen molar-refractivity contribution in [2.45, 2.75) is 0 Å². The molecular weight excluding hydrogens is 469 g/mol. The first kappa shape index (κ1) is 22.6. The third-order valence-electron chi connectivity index (χ3n) is 4.29. The van der Waals surface area contributed by atoms with Crippen LogP contribution in [0.15, 0.2) is 60.7 Å². The number of nitrogens with one attached hydrogen (secondary N) is 2. The van der Waals surface area contributed by atoms with E-state index in [0.717, 1.165) is 9.36 Å². The highest BCUT2D eigenvalue weighted by molar-refractivity contribution is 7.33. The average molecular weight is 482 g/mol. The highest BCUT2D eigenvalue weighted by Gasteiger charge is 2.16. The van der Waals surface area contributed by atoms with Gasteiger partial charge in [-0.3, -0.25) is 4.57 Å². The van der Waals surface area contributed by atoms with Crippen molar-refractivity contribution in [1.29, 1.82) is 10.5 Å². The molecule has 2 N–H and O–H groups in total. The van der Waals surface area contributed by atoms with Gasteiger partial charge in [-0.25, -0.2) is 29.1 Å². The first-order valence-electron chi connectivity index (χ1n) is 9.40. The predicted octanol–water partition coefficient (Wildman–Crippen LogP) is 3.86. The molecule has 0 spiro atoms. The highest BCUT2D eigenvalue weighted by atomic mass is 31.1. The van der Waals surface area contributed by atoms with E-state index in [1.54, 1.807) is 12.1 Å². The molecule has 0 aliphatic carbocycles. The maximum Gasteiger partial charge on any atom is 0.361 e.